The smallest absolute Gasteiger partial charge is 0.270 e. The van der Waals surface area contributed by atoms with E-state index in [1.54, 1.807) is 13.0 Å². The van der Waals surface area contributed by atoms with Gasteiger partial charge in [0, 0.05) is 18.7 Å². The molecule has 5 rings (SSSR count). The Morgan fingerprint density at radius 1 is 1.13 bits per heavy atom. The van der Waals surface area contributed by atoms with Gasteiger partial charge in [0.15, 0.2) is 11.5 Å². The average molecular weight is 545 g/mol. The van der Waals surface area contributed by atoms with Crippen molar-refractivity contribution in [3.63, 3.8) is 0 Å². The number of amides is 1. The Morgan fingerprint density at radius 3 is 2.63 bits per heavy atom. The number of benzene rings is 2. The fourth-order valence-electron chi connectivity index (χ4n) is 4.43. The summed E-state index contributed by atoms with van der Waals surface area (Å²) in [7, 11) is 0. The van der Waals surface area contributed by atoms with E-state index in [1.807, 2.05) is 61.5 Å². The first-order valence-corrected chi connectivity index (χ1v) is 13.2. The van der Waals surface area contributed by atoms with Crippen molar-refractivity contribution in [3.8, 4) is 17.6 Å². The van der Waals surface area contributed by atoms with E-state index in [-0.39, 0.29) is 30.4 Å². The highest BCUT2D eigenvalue weighted by Crippen LogP contribution is 2.37. The average Bonchev–Trinajstić information content (AvgIpc) is 3.49. The number of thiocarbonyl (C=S) groups is 1. The number of fused-ring (bicyclic) bond motifs is 1. The first-order chi connectivity index (χ1) is 18.4. The van der Waals surface area contributed by atoms with Crippen molar-refractivity contribution in [2.75, 3.05) is 12.1 Å². The second-order valence-electron chi connectivity index (χ2n) is 8.72. The van der Waals surface area contributed by atoms with E-state index >= 15 is 0 Å². The van der Waals surface area contributed by atoms with Crippen LogP contribution in [0.3, 0.4) is 0 Å². The molecule has 0 spiro atoms. The minimum Gasteiger partial charge on any atom is -0.454 e. The monoisotopic (exact) mass is 544 g/mol. The van der Waals surface area contributed by atoms with Crippen LogP contribution < -0.4 is 20.3 Å². The van der Waals surface area contributed by atoms with Crippen molar-refractivity contribution >= 4 is 46.1 Å². The lowest BCUT2D eigenvalue weighted by Crippen LogP contribution is -2.28. The minimum absolute atomic E-state index is 0.0548. The summed E-state index contributed by atoms with van der Waals surface area (Å²) in [5.41, 5.74) is 2.71. The summed E-state index contributed by atoms with van der Waals surface area (Å²) in [6.07, 6.45) is 1.73. The molecule has 2 aliphatic heterocycles. The molecule has 2 aromatic carbocycles. The second kappa shape index (κ2) is 10.7. The molecule has 2 aliphatic rings. The number of aromatic nitrogens is 1. The van der Waals surface area contributed by atoms with Crippen LogP contribution in [-0.2, 0) is 24.4 Å². The van der Waals surface area contributed by atoms with Gasteiger partial charge in [0.05, 0.1) is 11.4 Å². The fourth-order valence-corrected chi connectivity index (χ4v) is 5.66. The maximum absolute atomic E-state index is 13.5. The van der Waals surface area contributed by atoms with Crippen molar-refractivity contribution in [3.05, 3.63) is 91.6 Å². The summed E-state index contributed by atoms with van der Waals surface area (Å²) in [5, 5.41) is 13.1. The number of nitrogens with one attached hydrogen (secondary N) is 1. The molecule has 1 N–H and O–H groups in total. The minimum atomic E-state index is -0.365. The van der Waals surface area contributed by atoms with Gasteiger partial charge < -0.3 is 14.8 Å². The van der Waals surface area contributed by atoms with Crippen LogP contribution in [0.15, 0.2) is 58.2 Å². The fraction of sp³-hybridized carbons (Fsp3) is 0.214. The van der Waals surface area contributed by atoms with E-state index in [4.69, 9.17) is 21.7 Å². The van der Waals surface area contributed by atoms with E-state index in [2.05, 4.69) is 5.32 Å². The molecule has 38 heavy (non-hydrogen) atoms. The zero-order valence-electron chi connectivity index (χ0n) is 20.8. The molecule has 0 saturated carbocycles. The number of carbonyl (C=O) groups excluding carboxylic acids is 1. The number of ether oxygens (including phenoxy) is 2. The largest absolute Gasteiger partial charge is 0.454 e. The predicted octanol–water partition coefficient (Wildman–Crippen LogP) is 4.79. The molecule has 1 aromatic heterocycles. The molecular formula is C28H24N4O4S2. The number of pyridine rings is 1. The third-order valence-corrected chi connectivity index (χ3v) is 7.80. The van der Waals surface area contributed by atoms with Crippen molar-refractivity contribution < 1.29 is 14.3 Å². The molecule has 3 aromatic rings. The van der Waals surface area contributed by atoms with Crippen molar-refractivity contribution in [2.45, 2.75) is 33.5 Å². The lowest BCUT2D eigenvalue weighted by Gasteiger charge is -2.19. The van der Waals surface area contributed by atoms with Crippen LogP contribution in [0.5, 0.6) is 11.5 Å². The third-order valence-electron chi connectivity index (χ3n) is 6.42. The number of nitrogens with zero attached hydrogens (tertiary/aromatic N) is 3. The van der Waals surface area contributed by atoms with Crippen LogP contribution in [-0.4, -0.2) is 26.5 Å². The highest BCUT2D eigenvalue weighted by Gasteiger charge is 2.33. The number of hydrogen-bond donors (Lipinski definition) is 1. The van der Waals surface area contributed by atoms with Crippen LogP contribution in [0.2, 0.25) is 0 Å². The molecule has 0 atom stereocenters. The van der Waals surface area contributed by atoms with Crippen molar-refractivity contribution in [2.24, 2.45) is 0 Å². The first-order valence-electron chi connectivity index (χ1n) is 12.0. The summed E-state index contributed by atoms with van der Waals surface area (Å²) < 4.78 is 12.8. The van der Waals surface area contributed by atoms with Crippen LogP contribution in [0, 0.1) is 18.3 Å². The number of rotatable bonds is 7. The van der Waals surface area contributed by atoms with Crippen LogP contribution >= 0.6 is 24.0 Å². The Morgan fingerprint density at radius 2 is 1.89 bits per heavy atom. The molecule has 10 heteroatoms. The Kier molecular flexibility index (Phi) is 7.22. The zero-order chi connectivity index (χ0) is 26.8. The van der Waals surface area contributed by atoms with Crippen LogP contribution in [0.1, 0.15) is 34.7 Å². The Balaban J connectivity index is 1.51. The van der Waals surface area contributed by atoms with Crippen molar-refractivity contribution in [1.82, 2.24) is 9.47 Å². The van der Waals surface area contributed by atoms with Crippen LogP contribution in [0.4, 0.5) is 5.82 Å². The molecule has 0 unspecified atom stereocenters. The summed E-state index contributed by atoms with van der Waals surface area (Å²) in [6, 6.07) is 17.4. The molecule has 1 fully saturated rings. The molecular weight excluding hydrogens is 520 g/mol. The van der Waals surface area contributed by atoms with Gasteiger partial charge in [-0.15, -0.1) is 0 Å². The van der Waals surface area contributed by atoms with E-state index in [9.17, 15) is 14.9 Å². The van der Waals surface area contributed by atoms with E-state index in [0.717, 1.165) is 11.1 Å². The maximum Gasteiger partial charge on any atom is 0.270 e. The first kappa shape index (κ1) is 25.6. The third kappa shape index (κ3) is 4.78. The summed E-state index contributed by atoms with van der Waals surface area (Å²) in [4.78, 5) is 28.5. The summed E-state index contributed by atoms with van der Waals surface area (Å²) in [6.45, 7) is 4.86. The van der Waals surface area contributed by atoms with Gasteiger partial charge in [0.2, 0.25) is 6.79 Å². The number of anilines is 1. The topological polar surface area (TPSA) is 96.6 Å². The highest BCUT2D eigenvalue weighted by molar-refractivity contribution is 8.26. The second-order valence-corrected chi connectivity index (χ2v) is 10.4. The van der Waals surface area contributed by atoms with Gasteiger partial charge in [-0.25, -0.2) is 0 Å². The normalized spacial score (nSPS) is 15.3. The predicted molar refractivity (Wildman–Crippen MR) is 151 cm³/mol. The zero-order valence-corrected chi connectivity index (χ0v) is 22.4. The van der Waals surface area contributed by atoms with Gasteiger partial charge in [-0.2, -0.15) is 5.26 Å². The highest BCUT2D eigenvalue weighted by atomic mass is 32.2. The lowest BCUT2D eigenvalue weighted by molar-refractivity contribution is -0.122. The summed E-state index contributed by atoms with van der Waals surface area (Å²) in [5.74, 6) is 1.63. The summed E-state index contributed by atoms with van der Waals surface area (Å²) >= 11 is 6.76. The lowest BCUT2D eigenvalue weighted by atomic mass is 10.0. The molecule has 3 heterocycles. The number of carbonyl (C=O) groups is 1. The Bertz CT molecular complexity index is 1570. The molecule has 192 valence electrons. The number of thioether (sulfide) groups is 1. The van der Waals surface area contributed by atoms with Gasteiger partial charge in [-0.3, -0.25) is 19.1 Å². The molecule has 0 radical (unpaired) electrons. The van der Waals surface area contributed by atoms with E-state index in [1.165, 1.54) is 21.2 Å². The number of nitriles is 1. The van der Waals surface area contributed by atoms with Gasteiger partial charge in [0.25, 0.3) is 11.5 Å². The number of hydrogen-bond acceptors (Lipinski definition) is 8. The quantitative estimate of drug-likeness (QED) is 0.335. The van der Waals surface area contributed by atoms with E-state index in [0.29, 0.717) is 50.8 Å². The molecule has 8 nitrogen and oxygen atoms in total. The molecule has 1 amide bonds. The van der Waals surface area contributed by atoms with Crippen LogP contribution in [0.25, 0.3) is 6.08 Å². The molecule has 1 saturated heterocycles. The Labute approximate surface area is 229 Å². The van der Waals surface area contributed by atoms with E-state index < -0.39 is 0 Å². The standard InChI is InChI=1S/C28H24N4O4S2/c1-3-31-25(30-14-18-7-5-4-6-8-18)20(17(2)21(13-29)26(31)33)12-24-27(34)32(28(37)38-24)15-19-9-10-22-23(11-19)36-16-35-22/h4-12,30H,3,14-16H2,1-2H3/b24-12+. The van der Waals surface area contributed by atoms with Gasteiger partial charge in [-0.05, 0) is 48.7 Å². The van der Waals surface area contributed by atoms with Crippen molar-refractivity contribution in [1.29, 1.82) is 5.26 Å². The van der Waals surface area contributed by atoms with Gasteiger partial charge in [-0.1, -0.05) is 60.4 Å². The van der Waals surface area contributed by atoms with Gasteiger partial charge in [0.1, 0.15) is 21.8 Å². The maximum atomic E-state index is 13.5. The SMILES string of the molecule is CCn1c(NCc2ccccc2)c(/C=C2/SC(=S)N(Cc3ccc4c(c3)OCO4)C2=O)c(C)c(C#N)c1=O. The van der Waals surface area contributed by atoms with Gasteiger partial charge >= 0.3 is 0 Å². The Hall–Kier alpha value is -4.07. The molecule has 0 bridgehead atoms. The molecule has 0 aliphatic carbocycles.